The Kier molecular flexibility index (Phi) is 14.1. The fourth-order valence-electron chi connectivity index (χ4n) is 7.93. The van der Waals surface area contributed by atoms with Gasteiger partial charge in [0.05, 0.1) is 0 Å². The van der Waals surface area contributed by atoms with Crippen molar-refractivity contribution < 1.29 is 107 Å². The topological polar surface area (TPSA) is 50.4 Å². The van der Waals surface area contributed by atoms with Crippen LogP contribution >= 0.6 is 0 Å². The summed E-state index contributed by atoms with van der Waals surface area (Å²) in [5.41, 5.74) is -11.8. The molecule has 72 heavy (non-hydrogen) atoms. The third-order valence-corrected chi connectivity index (χ3v) is 11.1. The summed E-state index contributed by atoms with van der Waals surface area (Å²) in [7, 11) is 0. The number of fused-ring (bicyclic) bond motifs is 1. The first-order valence-corrected chi connectivity index (χ1v) is 19.6. The highest BCUT2D eigenvalue weighted by atomic mass is 19.2. The van der Waals surface area contributed by atoms with E-state index in [1.165, 1.54) is 12.1 Å². The van der Waals surface area contributed by atoms with Crippen molar-refractivity contribution in [2.45, 2.75) is 6.54 Å². The maximum absolute atomic E-state index is 15.4. The first-order valence-electron chi connectivity index (χ1n) is 19.6. The number of halogens is 20. The minimum absolute atomic E-state index is 0.125. The second-order valence-electron chi connectivity index (χ2n) is 15.0. The van der Waals surface area contributed by atoms with Crippen LogP contribution in [0.1, 0.15) is 16.1 Å². The number of carbonyl (C=O) groups excluding carboxylic acids is 1. The number of pyridine rings is 1. The lowest BCUT2D eigenvalue weighted by Gasteiger charge is -2.44. The van der Waals surface area contributed by atoms with E-state index in [-0.39, 0.29) is 5.75 Å². The first kappa shape index (κ1) is 51.7. The van der Waals surface area contributed by atoms with E-state index in [4.69, 9.17) is 4.74 Å². The average molecular weight is 1040 g/mol. The zero-order chi connectivity index (χ0) is 53.0. The quantitative estimate of drug-likeness (QED) is 0.0314. The molecular formula is C47H18BF20NO3. The second-order valence-corrected chi connectivity index (χ2v) is 15.0. The van der Waals surface area contributed by atoms with Crippen molar-refractivity contribution in [3.8, 4) is 11.5 Å². The molecule has 1 heterocycles. The number of aromatic hydroxyl groups is 1. The van der Waals surface area contributed by atoms with Crippen LogP contribution in [0.15, 0.2) is 91.0 Å². The van der Waals surface area contributed by atoms with Crippen molar-refractivity contribution in [2.24, 2.45) is 0 Å². The lowest BCUT2D eigenvalue weighted by molar-refractivity contribution is -0.664. The van der Waals surface area contributed by atoms with E-state index < -0.39 is 150 Å². The van der Waals surface area contributed by atoms with Crippen LogP contribution in [0.4, 0.5) is 87.8 Å². The van der Waals surface area contributed by atoms with Gasteiger partial charge in [-0.2, -0.15) is 4.57 Å². The van der Waals surface area contributed by atoms with Crippen LogP contribution in [0.25, 0.3) is 10.9 Å². The van der Waals surface area contributed by atoms with Gasteiger partial charge in [0.15, 0.2) is 76.4 Å². The molecule has 1 N–H and O–H groups in total. The van der Waals surface area contributed by atoms with Gasteiger partial charge in [-0.15, -0.1) is 21.9 Å². The normalized spacial score (nSPS) is 11.5. The Balaban J connectivity index is 0.000000238. The summed E-state index contributed by atoms with van der Waals surface area (Å²) in [4.78, 5) is 12.8. The number of nitrogens with zero attached hydrogens (tertiary/aromatic N) is 1. The van der Waals surface area contributed by atoms with Crippen LogP contribution in [0.3, 0.4) is 0 Å². The van der Waals surface area contributed by atoms with E-state index in [1.807, 2.05) is 65.2 Å². The molecule has 0 saturated carbocycles. The van der Waals surface area contributed by atoms with Crippen molar-refractivity contribution in [3.63, 3.8) is 0 Å². The van der Waals surface area contributed by atoms with E-state index in [0.29, 0.717) is 18.0 Å². The molecule has 1 aromatic heterocycles. The van der Waals surface area contributed by atoms with Crippen molar-refractivity contribution in [1.29, 1.82) is 0 Å². The molecule has 8 aromatic rings. The van der Waals surface area contributed by atoms with Crippen LogP contribution in [-0.4, -0.2) is 17.2 Å². The van der Waals surface area contributed by atoms with Crippen LogP contribution in [-0.2, 0) is 6.54 Å². The lowest BCUT2D eigenvalue weighted by atomic mass is 9.12. The van der Waals surface area contributed by atoms with Gasteiger partial charge in [0.2, 0.25) is 5.52 Å². The Morgan fingerprint density at radius 1 is 0.389 bits per heavy atom. The summed E-state index contributed by atoms with van der Waals surface area (Å²) in [5, 5.41) is 10.4. The van der Waals surface area contributed by atoms with Crippen LogP contribution in [0.5, 0.6) is 11.5 Å². The SMILES string of the molecule is Fc1c(F)c(F)c([B-](c2c(F)c(F)c(F)c(F)c2F)(c2c(F)c(F)c(F)c(F)c2F)c2c(F)c(F)c(F)c(F)c2F)c(F)c1F.O=C(Oc1ccc(O)cc1)c1ccc2ccccc2[n+]1Cc1ccccc1. The highest BCUT2D eigenvalue weighted by Crippen LogP contribution is 2.31. The molecule has 0 unspecified atom stereocenters. The van der Waals surface area contributed by atoms with Crippen molar-refractivity contribution in [3.05, 3.63) is 219 Å². The monoisotopic (exact) mass is 1040 g/mol. The van der Waals surface area contributed by atoms with E-state index >= 15 is 35.1 Å². The van der Waals surface area contributed by atoms with E-state index in [2.05, 4.69) is 0 Å². The molecule has 0 amide bonds. The molecule has 4 nitrogen and oxygen atoms in total. The fraction of sp³-hybridized carbons (Fsp3) is 0.0213. The summed E-state index contributed by atoms with van der Waals surface area (Å²) in [6.45, 7) is 0.558. The number of hydrogen-bond acceptors (Lipinski definition) is 3. The third-order valence-electron chi connectivity index (χ3n) is 11.1. The molecule has 8 rings (SSSR count). The number of benzene rings is 7. The molecule has 0 aliphatic carbocycles. The Morgan fingerprint density at radius 2 is 0.708 bits per heavy atom. The number of ether oxygens (including phenoxy) is 1. The van der Waals surface area contributed by atoms with Gasteiger partial charge in [-0.25, -0.2) is 92.6 Å². The van der Waals surface area contributed by atoms with E-state index in [0.717, 1.165) is 16.5 Å². The van der Waals surface area contributed by atoms with Gasteiger partial charge < -0.3 is 9.84 Å². The molecule has 0 aliphatic rings. The maximum Gasteiger partial charge on any atom is 0.409 e. The predicted octanol–water partition coefficient (Wildman–Crippen LogP) is 9.95. The second kappa shape index (κ2) is 19.6. The predicted molar refractivity (Wildman–Crippen MR) is 212 cm³/mol. The average Bonchev–Trinajstić information content (AvgIpc) is 3.37. The Hall–Kier alpha value is -8.12. The molecule has 372 valence electrons. The first-order chi connectivity index (χ1) is 33.9. The number of aromatic nitrogens is 1. The standard InChI is InChI=1S/C24BF20.C23H17NO3/c26-5-1(6(27)14(35)21(42)13(5)34)25(2-7(28)15(36)22(43)16(37)8(2)29,3-9(30)17(38)23(44)18(39)10(3)31)4-11(32)19(40)24(45)20(41)12(4)33;25-19-11-13-20(14-12-19)27-23(26)22-15-10-18-8-4-5-9-21(18)24(22)16-17-6-2-1-3-7-17/h;1-15H,16H2/q-1;/p+1. The van der Waals surface area contributed by atoms with Gasteiger partial charge >= 0.3 is 5.97 Å². The Morgan fingerprint density at radius 3 is 1.07 bits per heavy atom. The van der Waals surface area contributed by atoms with Crippen LogP contribution in [0.2, 0.25) is 0 Å². The van der Waals surface area contributed by atoms with Crippen LogP contribution in [0, 0.1) is 116 Å². The van der Waals surface area contributed by atoms with Gasteiger partial charge in [0, 0.05) is 23.1 Å². The van der Waals surface area contributed by atoms with Crippen molar-refractivity contribution >= 4 is 44.9 Å². The molecular weight excluding hydrogens is 1020 g/mol. The smallest absolute Gasteiger partial charge is 0.409 e. The van der Waals surface area contributed by atoms with Gasteiger partial charge in [0.25, 0.3) is 5.69 Å². The number of para-hydroxylation sites is 1. The van der Waals surface area contributed by atoms with E-state index in [1.54, 1.807) is 18.2 Å². The fourth-order valence-corrected chi connectivity index (χ4v) is 7.93. The summed E-state index contributed by atoms with van der Waals surface area (Å²) >= 11 is 0. The zero-order valence-corrected chi connectivity index (χ0v) is 34.7. The summed E-state index contributed by atoms with van der Waals surface area (Å²) < 4.78 is 301. The molecule has 0 saturated heterocycles. The molecule has 0 aliphatic heterocycles. The zero-order valence-electron chi connectivity index (χ0n) is 34.7. The Labute approximate surface area is 388 Å². The molecule has 0 bridgehead atoms. The Bertz CT molecular complexity index is 3130. The molecule has 0 fully saturated rings. The maximum atomic E-state index is 15.4. The van der Waals surface area contributed by atoms with E-state index in [9.17, 15) is 62.6 Å². The number of esters is 1. The molecule has 0 radical (unpaired) electrons. The minimum atomic E-state index is -7.22. The molecule has 0 atom stereocenters. The number of phenolic OH excluding ortho intramolecular Hbond substituents is 1. The van der Waals surface area contributed by atoms with Crippen molar-refractivity contribution in [2.75, 3.05) is 0 Å². The molecule has 25 heteroatoms. The van der Waals surface area contributed by atoms with Gasteiger partial charge in [-0.1, -0.05) is 42.5 Å². The molecule has 7 aromatic carbocycles. The summed E-state index contributed by atoms with van der Waals surface area (Å²) in [6.07, 6.45) is -7.22. The highest BCUT2D eigenvalue weighted by molar-refractivity contribution is 7.20. The highest BCUT2D eigenvalue weighted by Gasteiger charge is 2.52. The van der Waals surface area contributed by atoms with Gasteiger partial charge in [0.1, 0.15) is 64.2 Å². The molecule has 0 spiro atoms. The third kappa shape index (κ3) is 8.34. The van der Waals surface area contributed by atoms with Gasteiger partial charge in [-0.05, 0) is 36.4 Å². The minimum Gasteiger partial charge on any atom is -0.508 e. The number of hydrogen-bond donors (Lipinski definition) is 1. The van der Waals surface area contributed by atoms with Crippen LogP contribution < -0.4 is 31.2 Å². The largest absolute Gasteiger partial charge is 0.508 e. The number of phenols is 1. The van der Waals surface area contributed by atoms with Crippen molar-refractivity contribution in [1.82, 2.24) is 0 Å². The number of carbonyl (C=O) groups is 1. The summed E-state index contributed by atoms with van der Waals surface area (Å²) in [6, 6.07) is 27.8. The summed E-state index contributed by atoms with van der Waals surface area (Å²) in [5.74, 6) is -71.3. The number of rotatable bonds is 8. The lowest BCUT2D eigenvalue weighted by Crippen LogP contribution is -2.81. The van der Waals surface area contributed by atoms with Gasteiger partial charge in [-0.3, -0.25) is 0 Å².